The fourth-order valence-corrected chi connectivity index (χ4v) is 2.21. The van der Waals surface area contributed by atoms with Gasteiger partial charge in [-0.1, -0.05) is 32.0 Å². The van der Waals surface area contributed by atoms with Gasteiger partial charge < -0.3 is 14.8 Å². The molecule has 22 heavy (non-hydrogen) atoms. The molecule has 0 aliphatic carbocycles. The number of ether oxygens (including phenoxy) is 2. The zero-order valence-electron chi connectivity index (χ0n) is 13.5. The number of hydrogen-bond acceptors (Lipinski definition) is 4. The highest BCUT2D eigenvalue weighted by atomic mass is 35.5. The molecular weight excluding hydrogens is 306 g/mol. The average molecular weight is 328 g/mol. The quantitative estimate of drug-likeness (QED) is 0.644. The van der Waals surface area contributed by atoms with Gasteiger partial charge in [-0.3, -0.25) is 4.79 Å². The number of carbonyl (C=O) groups excluding carboxylic acids is 2. The summed E-state index contributed by atoms with van der Waals surface area (Å²) in [5.41, 5.74) is -0.610. The Morgan fingerprint density at radius 2 is 1.82 bits per heavy atom. The normalized spacial score (nSPS) is 14.9. The number of benzene rings is 1. The molecule has 0 radical (unpaired) electrons. The lowest BCUT2D eigenvalue weighted by Crippen LogP contribution is -2.57. The Kier molecular flexibility index (Phi) is 6.23. The van der Waals surface area contributed by atoms with E-state index < -0.39 is 22.8 Å². The first-order valence-electron chi connectivity index (χ1n) is 6.95. The second kappa shape index (κ2) is 7.49. The molecule has 0 aliphatic rings. The van der Waals surface area contributed by atoms with Crippen molar-refractivity contribution in [1.29, 1.82) is 0 Å². The smallest absolute Gasteiger partial charge is 0.331 e. The number of esters is 1. The van der Waals surface area contributed by atoms with Crippen LogP contribution in [0.4, 0.5) is 0 Å². The van der Waals surface area contributed by atoms with Crippen LogP contribution in [0, 0.1) is 5.92 Å². The minimum Gasteiger partial charge on any atom is -0.496 e. The Labute approximate surface area is 135 Å². The van der Waals surface area contributed by atoms with Crippen LogP contribution in [0.3, 0.4) is 0 Å². The van der Waals surface area contributed by atoms with Crippen LogP contribution < -0.4 is 10.1 Å². The van der Waals surface area contributed by atoms with E-state index in [0.717, 1.165) is 0 Å². The molecule has 1 N–H and O–H groups in total. The van der Waals surface area contributed by atoms with Gasteiger partial charge in [0.1, 0.15) is 16.7 Å². The van der Waals surface area contributed by atoms with Gasteiger partial charge in [-0.15, -0.1) is 11.6 Å². The predicted molar refractivity (Wildman–Crippen MR) is 85.0 cm³/mol. The van der Waals surface area contributed by atoms with Crippen molar-refractivity contribution in [3.8, 4) is 5.75 Å². The van der Waals surface area contributed by atoms with Gasteiger partial charge in [-0.2, -0.15) is 0 Å². The minimum atomic E-state index is -1.15. The molecule has 1 amide bonds. The first-order valence-corrected chi connectivity index (χ1v) is 7.39. The molecule has 1 rings (SSSR count). The molecule has 6 heteroatoms. The summed E-state index contributed by atoms with van der Waals surface area (Å²) < 4.78 is 9.99. The van der Waals surface area contributed by atoms with Crippen LogP contribution in [0.5, 0.6) is 5.75 Å². The second-order valence-electron chi connectivity index (χ2n) is 5.44. The second-order valence-corrected chi connectivity index (χ2v) is 5.88. The molecular formula is C16H22ClNO4. The summed E-state index contributed by atoms with van der Waals surface area (Å²) in [5, 5.41) is 1.72. The van der Waals surface area contributed by atoms with Crippen LogP contribution in [-0.2, 0) is 14.3 Å². The van der Waals surface area contributed by atoms with E-state index in [-0.39, 0.29) is 5.92 Å². The Bertz CT molecular complexity index is 547. The number of carbonyl (C=O) groups is 2. The van der Waals surface area contributed by atoms with Crippen molar-refractivity contribution in [2.75, 3.05) is 14.2 Å². The van der Waals surface area contributed by atoms with E-state index in [1.165, 1.54) is 14.2 Å². The van der Waals surface area contributed by atoms with Crippen molar-refractivity contribution in [1.82, 2.24) is 5.32 Å². The van der Waals surface area contributed by atoms with Gasteiger partial charge >= 0.3 is 5.97 Å². The maximum absolute atomic E-state index is 12.4. The highest BCUT2D eigenvalue weighted by molar-refractivity contribution is 6.31. The van der Waals surface area contributed by atoms with E-state index >= 15 is 0 Å². The molecule has 0 saturated carbocycles. The van der Waals surface area contributed by atoms with Gasteiger partial charge in [-0.05, 0) is 18.9 Å². The summed E-state index contributed by atoms with van der Waals surface area (Å²) in [7, 11) is 2.79. The van der Waals surface area contributed by atoms with Crippen LogP contribution in [0.2, 0.25) is 0 Å². The monoisotopic (exact) mass is 327 g/mol. The SMILES string of the molecule is COC(=O)C(C)(NC(=O)C(Cl)c1ccccc1OC)C(C)C. The van der Waals surface area contributed by atoms with E-state index in [1.807, 2.05) is 13.8 Å². The van der Waals surface area contributed by atoms with Gasteiger partial charge in [0.05, 0.1) is 14.2 Å². The van der Waals surface area contributed by atoms with Crippen LogP contribution >= 0.6 is 11.6 Å². The number of hydrogen-bond donors (Lipinski definition) is 1. The first-order chi connectivity index (χ1) is 10.3. The number of alkyl halides is 1. The molecule has 5 nitrogen and oxygen atoms in total. The predicted octanol–water partition coefficient (Wildman–Crippen LogP) is 2.68. The Morgan fingerprint density at radius 3 is 2.32 bits per heavy atom. The van der Waals surface area contributed by atoms with Gasteiger partial charge in [0, 0.05) is 5.56 Å². The van der Waals surface area contributed by atoms with Gasteiger partial charge in [0.15, 0.2) is 0 Å². The Balaban J connectivity index is 3.02. The lowest BCUT2D eigenvalue weighted by Gasteiger charge is -2.32. The Hall–Kier alpha value is -1.75. The minimum absolute atomic E-state index is 0.162. The maximum Gasteiger partial charge on any atom is 0.331 e. The van der Waals surface area contributed by atoms with Crippen molar-refractivity contribution >= 4 is 23.5 Å². The summed E-state index contributed by atoms with van der Waals surface area (Å²) in [4.78, 5) is 24.4. The largest absolute Gasteiger partial charge is 0.496 e. The maximum atomic E-state index is 12.4. The summed E-state index contributed by atoms with van der Waals surface area (Å²) in [6.45, 7) is 5.26. The van der Waals surface area contributed by atoms with Crippen LogP contribution in [-0.4, -0.2) is 31.6 Å². The van der Waals surface area contributed by atoms with Gasteiger partial charge in [-0.25, -0.2) is 4.79 Å². The number of halogens is 1. The highest BCUT2D eigenvalue weighted by Crippen LogP contribution is 2.30. The zero-order chi connectivity index (χ0) is 16.9. The molecule has 0 saturated heterocycles. The topological polar surface area (TPSA) is 64.6 Å². The lowest BCUT2D eigenvalue weighted by molar-refractivity contribution is -0.152. The molecule has 0 aromatic heterocycles. The van der Waals surface area contributed by atoms with E-state index in [9.17, 15) is 9.59 Å². The van der Waals surface area contributed by atoms with Crippen molar-refractivity contribution in [3.63, 3.8) is 0 Å². The van der Waals surface area contributed by atoms with E-state index in [4.69, 9.17) is 21.1 Å². The van der Waals surface area contributed by atoms with Gasteiger partial charge in [0.2, 0.25) is 5.91 Å². The molecule has 0 heterocycles. The fourth-order valence-electron chi connectivity index (χ4n) is 1.98. The van der Waals surface area contributed by atoms with E-state index in [0.29, 0.717) is 11.3 Å². The first kappa shape index (κ1) is 18.3. The number of para-hydroxylation sites is 1. The number of nitrogens with one attached hydrogen (secondary N) is 1. The van der Waals surface area contributed by atoms with Crippen molar-refractivity contribution < 1.29 is 19.1 Å². The molecule has 0 fully saturated rings. The summed E-state index contributed by atoms with van der Waals surface area (Å²) in [5.74, 6) is -0.639. The molecule has 0 bridgehead atoms. The molecule has 2 atom stereocenters. The van der Waals surface area contributed by atoms with Crippen molar-refractivity contribution in [2.45, 2.75) is 31.7 Å². The van der Waals surface area contributed by atoms with Crippen LogP contribution in [0.25, 0.3) is 0 Å². The third kappa shape index (κ3) is 3.71. The molecule has 122 valence electrons. The standard InChI is InChI=1S/C16H22ClNO4/c1-10(2)16(3,15(20)22-5)18-14(19)13(17)11-8-6-7-9-12(11)21-4/h6-10,13H,1-5H3,(H,18,19). The molecule has 2 unspecified atom stereocenters. The lowest BCUT2D eigenvalue weighted by atomic mass is 9.88. The summed E-state index contributed by atoms with van der Waals surface area (Å²) in [6, 6.07) is 6.99. The van der Waals surface area contributed by atoms with Crippen molar-refractivity contribution in [3.05, 3.63) is 29.8 Å². The van der Waals surface area contributed by atoms with Crippen molar-refractivity contribution in [2.24, 2.45) is 5.92 Å². The zero-order valence-corrected chi connectivity index (χ0v) is 14.2. The molecule has 0 spiro atoms. The van der Waals surface area contributed by atoms with Crippen LogP contribution in [0.1, 0.15) is 31.7 Å². The molecule has 1 aromatic carbocycles. The fraction of sp³-hybridized carbons (Fsp3) is 0.500. The summed E-state index contributed by atoms with van der Waals surface area (Å²) >= 11 is 6.26. The van der Waals surface area contributed by atoms with E-state index in [1.54, 1.807) is 31.2 Å². The Morgan fingerprint density at radius 1 is 1.23 bits per heavy atom. The number of rotatable bonds is 6. The molecule has 1 aromatic rings. The van der Waals surface area contributed by atoms with E-state index in [2.05, 4.69) is 5.32 Å². The average Bonchev–Trinajstić information content (AvgIpc) is 2.52. The number of amides is 1. The third-order valence-corrected chi connectivity index (χ3v) is 4.22. The van der Waals surface area contributed by atoms with Gasteiger partial charge in [0.25, 0.3) is 0 Å². The highest BCUT2D eigenvalue weighted by Gasteiger charge is 2.40. The third-order valence-electron chi connectivity index (χ3n) is 3.79. The van der Waals surface area contributed by atoms with Crippen LogP contribution in [0.15, 0.2) is 24.3 Å². The molecule has 0 aliphatic heterocycles. The number of methoxy groups -OCH3 is 2. The summed E-state index contributed by atoms with van der Waals surface area (Å²) in [6.07, 6.45) is 0.